The topological polar surface area (TPSA) is 97.2 Å². The Bertz CT molecular complexity index is 1390. The van der Waals surface area contributed by atoms with Crippen molar-refractivity contribution in [1.82, 2.24) is 30.2 Å². The number of likely N-dealkylation sites (tertiary alicyclic amines) is 1. The van der Waals surface area contributed by atoms with Gasteiger partial charge in [0.1, 0.15) is 11.4 Å². The Kier molecular flexibility index (Phi) is 6.24. The number of halogens is 1. The molecule has 2 amide bonds. The summed E-state index contributed by atoms with van der Waals surface area (Å²) in [6, 6.07) is 7.93. The van der Waals surface area contributed by atoms with Gasteiger partial charge in [0.25, 0.3) is 0 Å². The van der Waals surface area contributed by atoms with Gasteiger partial charge >= 0.3 is 6.03 Å². The van der Waals surface area contributed by atoms with Crippen LogP contribution in [0.3, 0.4) is 0 Å². The van der Waals surface area contributed by atoms with Crippen LogP contribution >= 0.6 is 11.3 Å². The second-order valence-corrected chi connectivity index (χ2v) is 10.2. The Balaban J connectivity index is 1.16. The molecule has 0 bridgehead atoms. The minimum absolute atomic E-state index is 0.0680. The zero-order valence-electron chi connectivity index (χ0n) is 19.6. The SMILES string of the molecule is O=C(Nc1ccc(Oc2ccnc3cc(-c4cn(CCN5CCCC5)nn4)sc23)c(F)c1)NC1CC1. The smallest absolute Gasteiger partial charge is 0.319 e. The Labute approximate surface area is 211 Å². The summed E-state index contributed by atoms with van der Waals surface area (Å²) in [5, 5.41) is 14.1. The second kappa shape index (κ2) is 9.82. The molecule has 1 saturated heterocycles. The number of hydrogen-bond donors (Lipinski definition) is 2. The molecule has 36 heavy (non-hydrogen) atoms. The Morgan fingerprint density at radius 2 is 2.00 bits per heavy atom. The van der Waals surface area contributed by atoms with E-state index in [1.807, 2.05) is 16.9 Å². The maximum Gasteiger partial charge on any atom is 0.319 e. The lowest BCUT2D eigenvalue weighted by molar-refractivity contribution is 0.251. The summed E-state index contributed by atoms with van der Waals surface area (Å²) < 4.78 is 23.4. The fourth-order valence-electron chi connectivity index (χ4n) is 4.25. The third kappa shape index (κ3) is 5.17. The fraction of sp³-hybridized carbons (Fsp3) is 0.360. The minimum Gasteiger partial charge on any atom is -0.453 e. The van der Waals surface area contributed by atoms with Crippen molar-refractivity contribution in [3.63, 3.8) is 0 Å². The zero-order valence-corrected chi connectivity index (χ0v) is 20.4. The third-order valence-electron chi connectivity index (χ3n) is 6.33. The van der Waals surface area contributed by atoms with Crippen LogP contribution in [-0.2, 0) is 6.54 Å². The normalized spacial score (nSPS) is 15.9. The standard InChI is InChI=1S/C25H26FN7O2S/c26-18-13-17(29-25(34)28-16-3-4-16)5-6-21(18)35-22-7-8-27-19-14-23(36-24(19)22)20-15-33(31-30-20)12-11-32-9-1-2-10-32/h5-8,13-16H,1-4,9-12H2,(H2,28,29,34). The van der Waals surface area contributed by atoms with Crippen LogP contribution in [0, 0.1) is 5.82 Å². The first kappa shape index (κ1) is 22.9. The highest BCUT2D eigenvalue weighted by Gasteiger charge is 2.23. The van der Waals surface area contributed by atoms with Gasteiger partial charge in [0.05, 0.1) is 27.8 Å². The Hall–Kier alpha value is -3.57. The summed E-state index contributed by atoms with van der Waals surface area (Å²) >= 11 is 1.48. The lowest BCUT2D eigenvalue weighted by atomic mass is 10.3. The first-order valence-corrected chi connectivity index (χ1v) is 13.0. The molecule has 11 heteroatoms. The molecular weight excluding hydrogens is 481 g/mol. The van der Waals surface area contributed by atoms with Gasteiger partial charge in [-0.25, -0.2) is 9.18 Å². The molecule has 2 fully saturated rings. The van der Waals surface area contributed by atoms with Crippen LogP contribution in [0.25, 0.3) is 20.8 Å². The molecule has 186 valence electrons. The summed E-state index contributed by atoms with van der Waals surface area (Å²) in [5.74, 6) is 0.00382. The van der Waals surface area contributed by atoms with Crippen molar-refractivity contribution in [3.8, 4) is 22.1 Å². The molecule has 0 atom stereocenters. The quantitative estimate of drug-likeness (QED) is 0.353. The van der Waals surface area contributed by atoms with Crippen molar-refractivity contribution in [2.75, 3.05) is 25.0 Å². The molecule has 4 heterocycles. The van der Waals surface area contributed by atoms with Crippen LogP contribution < -0.4 is 15.4 Å². The first-order chi connectivity index (χ1) is 17.6. The van der Waals surface area contributed by atoms with Gasteiger partial charge in [-0.1, -0.05) is 5.21 Å². The van der Waals surface area contributed by atoms with Crippen molar-refractivity contribution < 1.29 is 13.9 Å². The molecule has 1 aliphatic carbocycles. The Morgan fingerprint density at radius 1 is 1.14 bits per heavy atom. The lowest BCUT2D eigenvalue weighted by Crippen LogP contribution is -2.30. The summed E-state index contributed by atoms with van der Waals surface area (Å²) in [5.41, 5.74) is 1.88. The summed E-state index contributed by atoms with van der Waals surface area (Å²) in [6.45, 7) is 4.08. The van der Waals surface area contributed by atoms with E-state index >= 15 is 0 Å². The van der Waals surface area contributed by atoms with Crippen LogP contribution in [0.15, 0.2) is 42.7 Å². The number of carbonyl (C=O) groups is 1. The number of nitrogens with one attached hydrogen (secondary N) is 2. The number of benzene rings is 1. The van der Waals surface area contributed by atoms with Crippen molar-refractivity contribution in [3.05, 3.63) is 48.5 Å². The van der Waals surface area contributed by atoms with Crippen molar-refractivity contribution in [2.45, 2.75) is 38.3 Å². The van der Waals surface area contributed by atoms with E-state index in [9.17, 15) is 9.18 Å². The molecule has 0 radical (unpaired) electrons. The molecule has 0 unspecified atom stereocenters. The fourth-order valence-corrected chi connectivity index (χ4v) is 5.27. The molecule has 9 nitrogen and oxygen atoms in total. The molecule has 1 aromatic carbocycles. The van der Waals surface area contributed by atoms with Crippen molar-refractivity contribution in [2.24, 2.45) is 0 Å². The largest absolute Gasteiger partial charge is 0.453 e. The highest BCUT2D eigenvalue weighted by Crippen LogP contribution is 2.39. The second-order valence-electron chi connectivity index (χ2n) is 9.17. The van der Waals surface area contributed by atoms with E-state index in [1.54, 1.807) is 18.3 Å². The number of hydrogen-bond acceptors (Lipinski definition) is 7. The molecular formula is C25H26FN7O2S. The lowest BCUT2D eigenvalue weighted by Gasteiger charge is -2.13. The number of carbonyl (C=O) groups excluding carboxylic acids is 1. The van der Waals surface area contributed by atoms with Crippen molar-refractivity contribution >= 4 is 33.3 Å². The van der Waals surface area contributed by atoms with E-state index in [0.717, 1.165) is 59.8 Å². The number of anilines is 1. The van der Waals surface area contributed by atoms with Crippen LogP contribution in [-0.4, -0.2) is 56.6 Å². The van der Waals surface area contributed by atoms with E-state index in [0.29, 0.717) is 11.4 Å². The Morgan fingerprint density at radius 3 is 2.81 bits per heavy atom. The summed E-state index contributed by atoms with van der Waals surface area (Å²) in [7, 11) is 0. The zero-order chi connectivity index (χ0) is 24.5. The van der Waals surface area contributed by atoms with Gasteiger partial charge in [0, 0.05) is 36.6 Å². The molecule has 6 rings (SSSR count). The molecule has 2 aliphatic rings. The number of pyridine rings is 1. The monoisotopic (exact) mass is 507 g/mol. The minimum atomic E-state index is -0.568. The maximum atomic E-state index is 14.8. The van der Waals surface area contributed by atoms with Gasteiger partial charge in [-0.2, -0.15) is 0 Å². The van der Waals surface area contributed by atoms with Crippen LogP contribution in [0.4, 0.5) is 14.9 Å². The predicted octanol–water partition coefficient (Wildman–Crippen LogP) is 4.87. The van der Waals surface area contributed by atoms with E-state index < -0.39 is 5.82 Å². The molecule has 1 saturated carbocycles. The third-order valence-corrected chi connectivity index (χ3v) is 7.49. The number of fused-ring (bicyclic) bond motifs is 1. The number of urea groups is 1. The highest BCUT2D eigenvalue weighted by molar-refractivity contribution is 7.22. The average molecular weight is 508 g/mol. The van der Waals surface area contributed by atoms with E-state index in [2.05, 4.69) is 30.8 Å². The first-order valence-electron chi connectivity index (χ1n) is 12.2. The van der Waals surface area contributed by atoms with Crippen molar-refractivity contribution in [1.29, 1.82) is 0 Å². The summed E-state index contributed by atoms with van der Waals surface area (Å²) in [4.78, 5) is 19.7. The number of thiophene rings is 1. The maximum absolute atomic E-state index is 14.8. The van der Waals surface area contributed by atoms with Gasteiger partial charge < -0.3 is 20.3 Å². The molecule has 0 spiro atoms. The van der Waals surface area contributed by atoms with E-state index in [1.165, 1.54) is 36.3 Å². The number of aromatic nitrogens is 4. The number of nitrogens with zero attached hydrogens (tertiary/aromatic N) is 5. The summed E-state index contributed by atoms with van der Waals surface area (Å²) in [6.07, 6.45) is 8.09. The molecule has 2 N–H and O–H groups in total. The van der Waals surface area contributed by atoms with Gasteiger partial charge in [-0.05, 0) is 57.0 Å². The van der Waals surface area contributed by atoms with E-state index in [4.69, 9.17) is 4.74 Å². The molecule has 3 aromatic heterocycles. The van der Waals surface area contributed by atoms with E-state index in [-0.39, 0.29) is 17.8 Å². The highest BCUT2D eigenvalue weighted by atomic mass is 32.1. The van der Waals surface area contributed by atoms with Gasteiger partial charge in [0.15, 0.2) is 11.6 Å². The van der Waals surface area contributed by atoms with Gasteiger partial charge in [-0.3, -0.25) is 9.67 Å². The number of amides is 2. The molecule has 1 aliphatic heterocycles. The predicted molar refractivity (Wildman–Crippen MR) is 136 cm³/mol. The van der Waals surface area contributed by atoms with Crippen LogP contribution in [0.1, 0.15) is 25.7 Å². The average Bonchev–Trinajstić information content (AvgIpc) is 3.26. The number of ether oxygens (including phenoxy) is 1. The number of rotatable bonds is 8. The van der Waals surface area contributed by atoms with Gasteiger partial charge in [0.2, 0.25) is 0 Å². The van der Waals surface area contributed by atoms with Gasteiger partial charge in [-0.15, -0.1) is 16.4 Å². The molecule has 4 aromatic rings. The van der Waals surface area contributed by atoms with Crippen LogP contribution in [0.2, 0.25) is 0 Å². The van der Waals surface area contributed by atoms with Crippen LogP contribution in [0.5, 0.6) is 11.5 Å².